The smallest absolute Gasteiger partial charge is 0.261 e. The van der Waals surface area contributed by atoms with Gasteiger partial charge < -0.3 is 10.1 Å². The van der Waals surface area contributed by atoms with E-state index in [1.54, 1.807) is 6.92 Å². The fourth-order valence-corrected chi connectivity index (χ4v) is 2.02. The average Bonchev–Trinajstić information content (AvgIpc) is 2.50. The van der Waals surface area contributed by atoms with Gasteiger partial charge in [-0.15, -0.1) is 0 Å². The minimum absolute atomic E-state index is 0.111. The Morgan fingerprint density at radius 1 is 1.10 bits per heavy atom. The molecular weight excluding hydrogens is 262 g/mol. The Labute approximate surface area is 126 Å². The van der Waals surface area contributed by atoms with Crippen LogP contribution in [0, 0.1) is 13.8 Å². The summed E-state index contributed by atoms with van der Waals surface area (Å²) in [5.74, 6) is 0.650. The molecule has 2 aromatic rings. The monoisotopic (exact) mass is 283 g/mol. The van der Waals surface area contributed by atoms with Crippen molar-refractivity contribution < 1.29 is 9.53 Å². The van der Waals surface area contributed by atoms with Gasteiger partial charge in [-0.05, 0) is 43.5 Å². The predicted octanol–water partition coefficient (Wildman–Crippen LogP) is 3.39. The van der Waals surface area contributed by atoms with E-state index in [0.29, 0.717) is 6.54 Å². The molecule has 1 amide bonds. The first-order valence-corrected chi connectivity index (χ1v) is 7.12. The quantitative estimate of drug-likeness (QED) is 0.913. The van der Waals surface area contributed by atoms with Gasteiger partial charge in [0.05, 0.1) is 0 Å². The maximum atomic E-state index is 12.1. The molecule has 0 aromatic heterocycles. The second-order valence-electron chi connectivity index (χ2n) is 5.16. The van der Waals surface area contributed by atoms with Gasteiger partial charge in [0.15, 0.2) is 6.10 Å². The average molecular weight is 283 g/mol. The van der Waals surface area contributed by atoms with Crippen LogP contribution in [0.4, 0.5) is 0 Å². The molecule has 0 unspecified atom stereocenters. The zero-order valence-electron chi connectivity index (χ0n) is 12.7. The third-order valence-corrected chi connectivity index (χ3v) is 3.54. The van der Waals surface area contributed by atoms with E-state index in [-0.39, 0.29) is 5.91 Å². The van der Waals surface area contributed by atoms with E-state index >= 15 is 0 Å². The van der Waals surface area contributed by atoms with Gasteiger partial charge >= 0.3 is 0 Å². The maximum Gasteiger partial charge on any atom is 0.261 e. The molecule has 0 aliphatic heterocycles. The summed E-state index contributed by atoms with van der Waals surface area (Å²) in [6.45, 7) is 6.31. The number of aryl methyl sites for hydroxylation is 1. The van der Waals surface area contributed by atoms with E-state index < -0.39 is 6.10 Å². The number of hydrogen-bond acceptors (Lipinski definition) is 2. The molecule has 0 radical (unpaired) electrons. The maximum absolute atomic E-state index is 12.1. The highest BCUT2D eigenvalue weighted by Crippen LogP contribution is 2.21. The first-order valence-electron chi connectivity index (χ1n) is 7.12. The van der Waals surface area contributed by atoms with Gasteiger partial charge in [0.1, 0.15) is 5.75 Å². The van der Waals surface area contributed by atoms with Crippen LogP contribution in [-0.2, 0) is 11.3 Å². The number of nitrogens with one attached hydrogen (secondary N) is 1. The van der Waals surface area contributed by atoms with E-state index in [9.17, 15) is 4.79 Å². The topological polar surface area (TPSA) is 38.3 Å². The zero-order valence-corrected chi connectivity index (χ0v) is 12.7. The minimum Gasteiger partial charge on any atom is -0.481 e. The Balaban J connectivity index is 1.92. The lowest BCUT2D eigenvalue weighted by molar-refractivity contribution is -0.127. The molecule has 2 aromatic carbocycles. The highest BCUT2D eigenvalue weighted by Gasteiger charge is 2.15. The van der Waals surface area contributed by atoms with Crippen molar-refractivity contribution in [3.63, 3.8) is 0 Å². The van der Waals surface area contributed by atoms with Crippen LogP contribution >= 0.6 is 0 Å². The van der Waals surface area contributed by atoms with Gasteiger partial charge in [-0.2, -0.15) is 0 Å². The second-order valence-corrected chi connectivity index (χ2v) is 5.16. The van der Waals surface area contributed by atoms with Gasteiger partial charge in [-0.25, -0.2) is 0 Å². The minimum atomic E-state index is -0.519. The number of ether oxygens (including phenoxy) is 1. The van der Waals surface area contributed by atoms with Crippen LogP contribution in [0.25, 0.3) is 0 Å². The molecule has 3 nitrogen and oxygen atoms in total. The molecule has 110 valence electrons. The number of hydrogen-bond donors (Lipinski definition) is 1. The Morgan fingerprint density at radius 3 is 2.52 bits per heavy atom. The highest BCUT2D eigenvalue weighted by molar-refractivity contribution is 5.80. The molecule has 0 aliphatic carbocycles. The lowest BCUT2D eigenvalue weighted by atomic mass is 10.1. The van der Waals surface area contributed by atoms with Crippen molar-refractivity contribution in [2.45, 2.75) is 33.4 Å². The van der Waals surface area contributed by atoms with Crippen LogP contribution in [0.3, 0.4) is 0 Å². The second kappa shape index (κ2) is 6.93. The first-order chi connectivity index (χ1) is 10.1. The van der Waals surface area contributed by atoms with E-state index in [1.807, 2.05) is 62.4 Å². The molecule has 0 bridgehead atoms. The molecule has 3 heteroatoms. The Kier molecular flexibility index (Phi) is 4.99. The summed E-state index contributed by atoms with van der Waals surface area (Å²) >= 11 is 0. The van der Waals surface area contributed by atoms with Crippen LogP contribution in [0.1, 0.15) is 23.6 Å². The highest BCUT2D eigenvalue weighted by atomic mass is 16.5. The van der Waals surface area contributed by atoms with Crippen LogP contribution in [0.5, 0.6) is 5.75 Å². The molecule has 0 fully saturated rings. The van der Waals surface area contributed by atoms with Gasteiger partial charge in [-0.1, -0.05) is 42.5 Å². The molecule has 0 heterocycles. The van der Waals surface area contributed by atoms with Gasteiger partial charge in [0.2, 0.25) is 0 Å². The Hall–Kier alpha value is -2.29. The van der Waals surface area contributed by atoms with Crippen LogP contribution in [-0.4, -0.2) is 12.0 Å². The molecule has 0 spiro atoms. The third kappa shape index (κ3) is 4.09. The summed E-state index contributed by atoms with van der Waals surface area (Å²) in [4.78, 5) is 12.1. The van der Waals surface area contributed by atoms with Crippen molar-refractivity contribution in [3.05, 3.63) is 65.2 Å². The lowest BCUT2D eigenvalue weighted by Crippen LogP contribution is -2.36. The van der Waals surface area contributed by atoms with Crippen molar-refractivity contribution in [1.29, 1.82) is 0 Å². The van der Waals surface area contributed by atoms with Gasteiger partial charge in [-0.3, -0.25) is 4.79 Å². The van der Waals surface area contributed by atoms with E-state index in [4.69, 9.17) is 4.74 Å². The summed E-state index contributed by atoms with van der Waals surface area (Å²) in [5.41, 5.74) is 3.30. The normalized spacial score (nSPS) is 11.8. The third-order valence-electron chi connectivity index (χ3n) is 3.54. The van der Waals surface area contributed by atoms with Crippen molar-refractivity contribution in [1.82, 2.24) is 5.32 Å². The Morgan fingerprint density at radius 2 is 1.81 bits per heavy atom. The molecule has 0 saturated heterocycles. The van der Waals surface area contributed by atoms with E-state index in [0.717, 1.165) is 22.4 Å². The molecule has 21 heavy (non-hydrogen) atoms. The summed E-state index contributed by atoms with van der Waals surface area (Å²) in [6, 6.07) is 15.7. The first kappa shape index (κ1) is 15.1. The fourth-order valence-electron chi connectivity index (χ4n) is 2.02. The SMILES string of the molecule is Cc1cccc(O[C@H](C)C(=O)NCc2ccccc2)c1C. The Bertz CT molecular complexity index is 608. The summed E-state index contributed by atoms with van der Waals surface area (Å²) < 4.78 is 5.76. The van der Waals surface area contributed by atoms with Crippen molar-refractivity contribution in [2.75, 3.05) is 0 Å². The molecule has 1 N–H and O–H groups in total. The number of benzene rings is 2. The standard InChI is InChI=1S/C18H21NO2/c1-13-8-7-11-17(14(13)2)21-15(3)18(20)19-12-16-9-5-4-6-10-16/h4-11,15H,12H2,1-3H3,(H,19,20)/t15-/m1/s1. The fraction of sp³-hybridized carbons (Fsp3) is 0.278. The molecule has 2 rings (SSSR count). The molecule has 0 aliphatic rings. The predicted molar refractivity (Wildman–Crippen MR) is 84.3 cm³/mol. The van der Waals surface area contributed by atoms with Crippen molar-refractivity contribution >= 4 is 5.91 Å². The number of amides is 1. The largest absolute Gasteiger partial charge is 0.481 e. The molecular formula is C18H21NO2. The molecule has 1 atom stereocenters. The van der Waals surface area contributed by atoms with Crippen LogP contribution in [0.2, 0.25) is 0 Å². The zero-order chi connectivity index (χ0) is 15.2. The van der Waals surface area contributed by atoms with Gasteiger partial charge in [0, 0.05) is 6.54 Å². The number of carbonyl (C=O) groups is 1. The van der Waals surface area contributed by atoms with Crippen molar-refractivity contribution in [2.24, 2.45) is 0 Å². The summed E-state index contributed by atoms with van der Waals surface area (Å²) in [7, 11) is 0. The number of rotatable bonds is 5. The van der Waals surface area contributed by atoms with Crippen molar-refractivity contribution in [3.8, 4) is 5.75 Å². The van der Waals surface area contributed by atoms with Crippen LogP contribution in [0.15, 0.2) is 48.5 Å². The summed E-state index contributed by atoms with van der Waals surface area (Å²) in [6.07, 6.45) is -0.519. The van der Waals surface area contributed by atoms with E-state index in [1.165, 1.54) is 0 Å². The molecule has 0 saturated carbocycles. The van der Waals surface area contributed by atoms with E-state index in [2.05, 4.69) is 5.32 Å². The van der Waals surface area contributed by atoms with Crippen LogP contribution < -0.4 is 10.1 Å². The number of carbonyl (C=O) groups excluding carboxylic acids is 1. The lowest BCUT2D eigenvalue weighted by Gasteiger charge is -2.17. The summed E-state index contributed by atoms with van der Waals surface area (Å²) in [5, 5.41) is 2.89. The van der Waals surface area contributed by atoms with Gasteiger partial charge in [0.25, 0.3) is 5.91 Å².